The van der Waals surface area contributed by atoms with Gasteiger partial charge in [0.15, 0.2) is 0 Å². The van der Waals surface area contributed by atoms with E-state index in [4.69, 9.17) is 0 Å². The third-order valence-electron chi connectivity index (χ3n) is 13.3. The highest BCUT2D eigenvalue weighted by atomic mass is 32.3. The molecule has 2 heterocycles. The molecule has 0 spiro atoms. The van der Waals surface area contributed by atoms with E-state index in [1.807, 2.05) is 12.5 Å². The second-order valence-electron chi connectivity index (χ2n) is 15.3. The van der Waals surface area contributed by atoms with Crippen LogP contribution in [0.25, 0.3) is 5.57 Å². The lowest BCUT2D eigenvalue weighted by atomic mass is 9.46. The van der Waals surface area contributed by atoms with Gasteiger partial charge in [0, 0.05) is 49.3 Å². The summed E-state index contributed by atoms with van der Waals surface area (Å²) in [5.41, 5.74) is 5.25. The van der Waals surface area contributed by atoms with Crippen LogP contribution in [-0.2, 0) is 14.9 Å². The maximum absolute atomic E-state index is 13.2. The molecule has 1 aromatic heterocycles. The van der Waals surface area contributed by atoms with Gasteiger partial charge in [-0.05, 0) is 129 Å². The minimum Gasteiger partial charge on any atom is -0.299 e. The second kappa shape index (κ2) is 10.5. The van der Waals surface area contributed by atoms with Gasteiger partial charge in [0.2, 0.25) is 0 Å². The number of piperidine rings is 1. The van der Waals surface area contributed by atoms with E-state index >= 15 is 0 Å². The van der Waals surface area contributed by atoms with E-state index in [0.717, 1.165) is 69.4 Å². The molecule has 224 valence electrons. The molecule has 41 heavy (non-hydrogen) atoms. The lowest BCUT2D eigenvalue weighted by Crippen LogP contribution is -2.49. The van der Waals surface area contributed by atoms with Crippen molar-refractivity contribution in [3.05, 3.63) is 47.8 Å². The topological polar surface area (TPSA) is 50.3 Å². The average molecular weight is 577 g/mol. The zero-order chi connectivity index (χ0) is 28.4. The molecule has 5 heteroatoms. The van der Waals surface area contributed by atoms with Crippen molar-refractivity contribution >= 4 is 21.5 Å². The molecule has 0 N–H and O–H groups in total. The van der Waals surface area contributed by atoms with Gasteiger partial charge in [-0.1, -0.05) is 47.8 Å². The number of carbonyl (C=O) groups excluding carboxylic acids is 1. The van der Waals surface area contributed by atoms with Gasteiger partial charge in [-0.2, -0.15) is 0 Å². The lowest BCUT2D eigenvalue weighted by Gasteiger charge is -2.58. The Hall–Kier alpha value is -1.59. The first-order valence-corrected chi connectivity index (χ1v) is 19.0. The summed E-state index contributed by atoms with van der Waals surface area (Å²) in [5.74, 6) is 3.69. The molecule has 0 amide bonds. The van der Waals surface area contributed by atoms with Gasteiger partial charge in [0.05, 0.1) is 0 Å². The Labute approximate surface area is 249 Å². The Balaban J connectivity index is 0.951. The van der Waals surface area contributed by atoms with Crippen LogP contribution in [0.4, 0.5) is 0 Å². The quantitative estimate of drug-likeness (QED) is 0.271. The SMILES string of the molecule is C[C@]12CC[C@H](CCC(=O)C3CCN([SH](C)(=O)C4CC4)CC3)CC1=CC[C@@H]1[C@@H]2CC[C@]2(C)C(c3cccnc3)=CC[C@@H]12. The number of hydrogen-bond donors (Lipinski definition) is 1. The van der Waals surface area contributed by atoms with Gasteiger partial charge in [-0.15, -0.1) is 0 Å². The molecule has 3 saturated carbocycles. The number of thiol groups is 1. The van der Waals surface area contributed by atoms with Crippen molar-refractivity contribution < 1.29 is 9.00 Å². The molecule has 0 unspecified atom stereocenters. The van der Waals surface area contributed by atoms with Gasteiger partial charge in [-0.3, -0.25) is 14.0 Å². The fourth-order valence-corrected chi connectivity index (χ4v) is 13.0. The lowest BCUT2D eigenvalue weighted by molar-refractivity contribution is -0.124. The van der Waals surface area contributed by atoms with Crippen LogP contribution in [0.3, 0.4) is 0 Å². The number of hydrogen-bond acceptors (Lipinski definition) is 3. The van der Waals surface area contributed by atoms with Crippen molar-refractivity contribution in [2.75, 3.05) is 19.3 Å². The van der Waals surface area contributed by atoms with Gasteiger partial charge in [0.1, 0.15) is 5.78 Å². The van der Waals surface area contributed by atoms with E-state index < -0.39 is 10.1 Å². The third-order valence-corrected chi connectivity index (χ3v) is 16.7. The number of carbonyl (C=O) groups is 1. The van der Waals surface area contributed by atoms with Gasteiger partial charge in [-0.25, -0.2) is 4.31 Å². The van der Waals surface area contributed by atoms with E-state index in [9.17, 15) is 9.00 Å². The first-order valence-electron chi connectivity index (χ1n) is 16.9. The molecule has 4 fully saturated rings. The van der Waals surface area contributed by atoms with E-state index in [1.54, 1.807) is 11.1 Å². The van der Waals surface area contributed by atoms with Crippen LogP contribution in [0.5, 0.6) is 0 Å². The van der Waals surface area contributed by atoms with Gasteiger partial charge < -0.3 is 0 Å². The smallest absolute Gasteiger partial charge is 0.136 e. The minimum atomic E-state index is -2.17. The zero-order valence-corrected chi connectivity index (χ0v) is 26.6. The fraction of sp³-hybridized carbons (Fsp3) is 0.722. The van der Waals surface area contributed by atoms with Crippen molar-refractivity contribution in [1.29, 1.82) is 0 Å². The van der Waals surface area contributed by atoms with Crippen LogP contribution in [-0.4, -0.2) is 43.9 Å². The molecular weight excluding hydrogens is 524 g/mol. The number of fused-ring (bicyclic) bond motifs is 5. The Morgan fingerprint density at radius 2 is 1.78 bits per heavy atom. The highest BCUT2D eigenvalue weighted by Crippen LogP contribution is 2.66. The number of ketones is 1. The normalized spacial score (nSPS) is 38.3. The average Bonchev–Trinajstić information content (AvgIpc) is 3.79. The Bertz CT molecular complexity index is 1280. The first kappa shape index (κ1) is 28.2. The molecule has 6 atom stereocenters. The highest BCUT2D eigenvalue weighted by molar-refractivity contribution is 8.01. The molecule has 0 radical (unpaired) electrons. The Morgan fingerprint density at radius 3 is 2.51 bits per heavy atom. The monoisotopic (exact) mass is 576 g/mol. The summed E-state index contributed by atoms with van der Waals surface area (Å²) < 4.78 is 15.4. The molecule has 5 aliphatic carbocycles. The van der Waals surface area contributed by atoms with Crippen LogP contribution in [0.15, 0.2) is 42.3 Å². The molecule has 7 rings (SSSR count). The predicted molar refractivity (Wildman–Crippen MR) is 170 cm³/mol. The standard InChI is InChI=1S/C36H52N2O2S/c1-35-18-14-25(6-13-34(39)26-16-21-38(22-17-26)41(3,40)29-8-9-29)23-28(35)7-10-30-32-12-11-31(27-5-4-20-37-24-27)36(32,2)19-15-33(30)35/h4-5,7,11,20,24-26,29-30,32-33,41H,6,8-10,12-19,21-23H2,1-3H3/t25-,30-,32-,33-,35-,36+/m0/s1. The van der Waals surface area contributed by atoms with E-state index in [0.29, 0.717) is 22.4 Å². The first-order chi connectivity index (χ1) is 19.7. The maximum atomic E-state index is 13.2. The Kier molecular flexibility index (Phi) is 7.25. The maximum Gasteiger partial charge on any atom is 0.136 e. The highest BCUT2D eigenvalue weighted by Gasteiger charge is 2.56. The van der Waals surface area contributed by atoms with Gasteiger partial charge >= 0.3 is 0 Å². The molecule has 4 nitrogen and oxygen atoms in total. The number of aromatic nitrogens is 1. The van der Waals surface area contributed by atoms with Crippen LogP contribution in [0.2, 0.25) is 0 Å². The van der Waals surface area contributed by atoms with Crippen molar-refractivity contribution in [3.8, 4) is 0 Å². The van der Waals surface area contributed by atoms with Crippen molar-refractivity contribution in [2.45, 2.75) is 103 Å². The molecule has 1 aliphatic heterocycles. The number of nitrogens with zero attached hydrogens (tertiary/aromatic N) is 2. The van der Waals surface area contributed by atoms with E-state index in [1.165, 1.54) is 50.5 Å². The molecule has 0 bridgehead atoms. The number of pyridine rings is 1. The second-order valence-corrected chi connectivity index (χ2v) is 18.5. The fourth-order valence-electron chi connectivity index (χ4n) is 10.4. The van der Waals surface area contributed by atoms with Crippen molar-refractivity contribution in [2.24, 2.45) is 40.4 Å². The predicted octanol–water partition coefficient (Wildman–Crippen LogP) is 7.44. The summed E-state index contributed by atoms with van der Waals surface area (Å²) in [6, 6.07) is 4.34. The zero-order valence-electron chi connectivity index (χ0n) is 25.7. The molecule has 0 aromatic carbocycles. The molecule has 6 aliphatic rings. The van der Waals surface area contributed by atoms with E-state index in [2.05, 4.69) is 53.6 Å². The molecular formula is C36H52N2O2S. The van der Waals surface area contributed by atoms with Crippen LogP contribution < -0.4 is 0 Å². The number of allylic oxidation sites excluding steroid dienone is 4. The number of Topliss-reactive ketones (excluding diaryl/α,β-unsaturated/α-hetero) is 1. The minimum absolute atomic E-state index is 0.196. The summed E-state index contributed by atoms with van der Waals surface area (Å²) in [6.45, 7) is 6.87. The third kappa shape index (κ3) is 4.86. The summed E-state index contributed by atoms with van der Waals surface area (Å²) in [4.78, 5) is 17.7. The van der Waals surface area contributed by atoms with Crippen LogP contribution in [0.1, 0.15) is 103 Å². The summed E-state index contributed by atoms with van der Waals surface area (Å²) in [7, 11) is -2.17. The van der Waals surface area contributed by atoms with Crippen molar-refractivity contribution in [3.63, 3.8) is 0 Å². The number of rotatable bonds is 7. The summed E-state index contributed by atoms with van der Waals surface area (Å²) in [5, 5.41) is 0.438. The molecule has 1 aromatic rings. The molecule has 1 saturated heterocycles. The summed E-state index contributed by atoms with van der Waals surface area (Å²) >= 11 is 0. The largest absolute Gasteiger partial charge is 0.299 e. The van der Waals surface area contributed by atoms with E-state index in [-0.39, 0.29) is 11.3 Å². The van der Waals surface area contributed by atoms with Crippen LogP contribution in [0, 0.1) is 40.4 Å². The van der Waals surface area contributed by atoms with Crippen LogP contribution >= 0.6 is 0 Å². The summed E-state index contributed by atoms with van der Waals surface area (Å²) in [6.07, 6.45) is 26.0. The Morgan fingerprint density at radius 1 is 1.00 bits per heavy atom. The van der Waals surface area contributed by atoms with Gasteiger partial charge in [0.25, 0.3) is 0 Å². The van der Waals surface area contributed by atoms with Crippen molar-refractivity contribution in [1.82, 2.24) is 9.29 Å².